The lowest BCUT2D eigenvalue weighted by atomic mass is 9.84. The molecule has 0 saturated carbocycles. The van der Waals surface area contributed by atoms with Crippen LogP contribution in [0.5, 0.6) is 0 Å². The number of rotatable bonds is 6. The lowest BCUT2D eigenvalue weighted by Gasteiger charge is -2.15. The SMILES string of the molecule is CCOB(O)C(=O)CNN1CCCC1. The van der Waals surface area contributed by atoms with Crippen LogP contribution < -0.4 is 5.43 Å². The molecule has 0 spiro atoms. The van der Waals surface area contributed by atoms with Gasteiger partial charge in [-0.1, -0.05) is 0 Å². The fourth-order valence-electron chi connectivity index (χ4n) is 1.40. The first-order valence-corrected chi connectivity index (χ1v) is 5.05. The summed E-state index contributed by atoms with van der Waals surface area (Å²) < 4.78 is 4.77. The van der Waals surface area contributed by atoms with Crippen LogP contribution in [0.2, 0.25) is 0 Å². The van der Waals surface area contributed by atoms with Crippen LogP contribution in [0.1, 0.15) is 19.8 Å². The van der Waals surface area contributed by atoms with Gasteiger partial charge < -0.3 is 14.5 Å². The summed E-state index contributed by atoms with van der Waals surface area (Å²) >= 11 is 0. The summed E-state index contributed by atoms with van der Waals surface area (Å²) in [6, 6.07) is 0. The van der Waals surface area contributed by atoms with Crippen molar-refractivity contribution in [2.75, 3.05) is 26.2 Å². The van der Waals surface area contributed by atoms with Crippen molar-refractivity contribution in [2.24, 2.45) is 0 Å². The Bertz CT molecular complexity index is 185. The molecule has 0 aliphatic carbocycles. The topological polar surface area (TPSA) is 61.8 Å². The van der Waals surface area contributed by atoms with Gasteiger partial charge in [0, 0.05) is 19.7 Å². The van der Waals surface area contributed by atoms with Crippen LogP contribution >= 0.6 is 0 Å². The Labute approximate surface area is 84.5 Å². The maximum Gasteiger partial charge on any atom is 0.530 e. The maximum absolute atomic E-state index is 11.2. The highest BCUT2D eigenvalue weighted by Gasteiger charge is 2.24. The molecule has 1 rings (SSSR count). The first kappa shape index (κ1) is 11.6. The van der Waals surface area contributed by atoms with Crippen molar-refractivity contribution in [3.63, 3.8) is 0 Å². The quantitative estimate of drug-likeness (QED) is 0.550. The molecule has 5 nitrogen and oxygen atoms in total. The number of carbonyl (C=O) groups excluding carboxylic acids is 1. The van der Waals surface area contributed by atoms with E-state index in [0.717, 1.165) is 25.9 Å². The number of carbonyl (C=O) groups is 1. The molecule has 0 radical (unpaired) electrons. The Morgan fingerprint density at radius 1 is 1.57 bits per heavy atom. The van der Waals surface area contributed by atoms with Gasteiger partial charge in [0.15, 0.2) is 5.68 Å². The van der Waals surface area contributed by atoms with E-state index in [4.69, 9.17) is 9.68 Å². The van der Waals surface area contributed by atoms with Gasteiger partial charge in [0.05, 0.1) is 6.54 Å². The Morgan fingerprint density at radius 3 is 2.79 bits per heavy atom. The maximum atomic E-state index is 11.2. The second kappa shape index (κ2) is 6.13. The predicted octanol–water partition coefficient (Wildman–Crippen LogP) is -0.788. The minimum absolute atomic E-state index is 0.140. The normalized spacial score (nSPS) is 17.3. The average Bonchev–Trinajstić information content (AvgIpc) is 2.67. The van der Waals surface area contributed by atoms with E-state index in [1.807, 2.05) is 5.01 Å². The smallest absolute Gasteiger partial charge is 0.421 e. The van der Waals surface area contributed by atoms with Crippen molar-refractivity contribution in [3.05, 3.63) is 0 Å². The molecule has 0 aromatic rings. The van der Waals surface area contributed by atoms with E-state index in [1.165, 1.54) is 0 Å². The lowest BCUT2D eigenvalue weighted by Crippen LogP contribution is -2.44. The molecule has 14 heavy (non-hydrogen) atoms. The van der Waals surface area contributed by atoms with Gasteiger partial charge >= 0.3 is 7.12 Å². The van der Waals surface area contributed by atoms with Gasteiger partial charge in [0.25, 0.3) is 0 Å². The van der Waals surface area contributed by atoms with Crippen molar-refractivity contribution < 1.29 is 14.5 Å². The van der Waals surface area contributed by atoms with Crippen molar-refractivity contribution in [1.82, 2.24) is 10.4 Å². The van der Waals surface area contributed by atoms with Gasteiger partial charge in [0.1, 0.15) is 0 Å². The highest BCUT2D eigenvalue weighted by atomic mass is 16.5. The summed E-state index contributed by atoms with van der Waals surface area (Å²) in [5, 5.41) is 11.2. The lowest BCUT2D eigenvalue weighted by molar-refractivity contribution is -0.114. The molecule has 0 unspecified atom stereocenters. The summed E-state index contributed by atoms with van der Waals surface area (Å²) in [5.74, 6) is 0. The van der Waals surface area contributed by atoms with Crippen LogP contribution in [0.15, 0.2) is 0 Å². The second-order valence-corrected chi connectivity index (χ2v) is 3.30. The molecule has 2 N–H and O–H groups in total. The molecule has 1 heterocycles. The monoisotopic (exact) mass is 200 g/mol. The van der Waals surface area contributed by atoms with Crippen molar-refractivity contribution in [3.8, 4) is 0 Å². The van der Waals surface area contributed by atoms with E-state index in [1.54, 1.807) is 6.92 Å². The van der Waals surface area contributed by atoms with Gasteiger partial charge in [0.2, 0.25) is 0 Å². The largest absolute Gasteiger partial charge is 0.530 e. The van der Waals surface area contributed by atoms with Gasteiger partial charge in [-0.3, -0.25) is 0 Å². The Balaban J connectivity index is 2.13. The summed E-state index contributed by atoms with van der Waals surface area (Å²) in [4.78, 5) is 11.2. The molecular formula is C8H17BN2O3. The molecule has 1 saturated heterocycles. The van der Waals surface area contributed by atoms with E-state index in [0.29, 0.717) is 6.61 Å². The average molecular weight is 200 g/mol. The summed E-state index contributed by atoms with van der Waals surface area (Å²) in [6.45, 7) is 4.16. The number of hydrogen-bond donors (Lipinski definition) is 2. The van der Waals surface area contributed by atoms with Gasteiger partial charge in [-0.2, -0.15) is 0 Å². The van der Waals surface area contributed by atoms with Crippen molar-refractivity contribution in [1.29, 1.82) is 0 Å². The number of hydrogen-bond acceptors (Lipinski definition) is 5. The third kappa shape index (κ3) is 3.75. The Hall–Kier alpha value is -0.425. The third-order valence-corrected chi connectivity index (χ3v) is 2.18. The van der Waals surface area contributed by atoms with Crippen LogP contribution in [-0.2, 0) is 9.45 Å². The fraction of sp³-hybridized carbons (Fsp3) is 0.875. The fourth-order valence-corrected chi connectivity index (χ4v) is 1.40. The highest BCUT2D eigenvalue weighted by molar-refractivity contribution is 6.80. The zero-order chi connectivity index (χ0) is 10.4. The zero-order valence-corrected chi connectivity index (χ0v) is 8.53. The molecule has 6 heteroatoms. The minimum atomic E-state index is -1.28. The van der Waals surface area contributed by atoms with Crippen LogP contribution in [0, 0.1) is 0 Å². The molecule has 0 bridgehead atoms. The van der Waals surface area contributed by atoms with E-state index in [-0.39, 0.29) is 12.2 Å². The molecular weight excluding hydrogens is 183 g/mol. The van der Waals surface area contributed by atoms with E-state index in [2.05, 4.69) is 5.43 Å². The third-order valence-electron chi connectivity index (χ3n) is 2.18. The molecule has 1 aliphatic heterocycles. The zero-order valence-electron chi connectivity index (χ0n) is 8.53. The molecule has 0 amide bonds. The second-order valence-electron chi connectivity index (χ2n) is 3.30. The van der Waals surface area contributed by atoms with Gasteiger partial charge in [-0.25, -0.2) is 10.4 Å². The Morgan fingerprint density at radius 2 is 2.21 bits per heavy atom. The van der Waals surface area contributed by atoms with Crippen LogP contribution in [0.4, 0.5) is 0 Å². The molecule has 1 fully saturated rings. The summed E-state index contributed by atoms with van der Waals surface area (Å²) in [7, 11) is -1.28. The molecule has 1 aliphatic rings. The molecule has 0 aromatic carbocycles. The highest BCUT2D eigenvalue weighted by Crippen LogP contribution is 2.03. The van der Waals surface area contributed by atoms with Gasteiger partial charge in [-0.15, -0.1) is 0 Å². The van der Waals surface area contributed by atoms with E-state index < -0.39 is 7.12 Å². The molecule has 0 aromatic heterocycles. The predicted molar refractivity (Wildman–Crippen MR) is 53.4 cm³/mol. The minimum Gasteiger partial charge on any atom is -0.421 e. The van der Waals surface area contributed by atoms with Crippen molar-refractivity contribution in [2.45, 2.75) is 19.8 Å². The summed E-state index contributed by atoms with van der Waals surface area (Å²) in [6.07, 6.45) is 2.32. The van der Waals surface area contributed by atoms with Gasteiger partial charge in [-0.05, 0) is 19.8 Å². The number of hydrazine groups is 1. The van der Waals surface area contributed by atoms with Crippen molar-refractivity contribution >= 4 is 12.8 Å². The number of nitrogens with one attached hydrogen (secondary N) is 1. The van der Waals surface area contributed by atoms with Crippen LogP contribution in [0.25, 0.3) is 0 Å². The first-order chi connectivity index (χ1) is 6.74. The first-order valence-electron chi connectivity index (χ1n) is 5.05. The van der Waals surface area contributed by atoms with E-state index >= 15 is 0 Å². The molecule has 80 valence electrons. The summed E-state index contributed by atoms with van der Waals surface area (Å²) in [5.41, 5.74) is 2.64. The van der Waals surface area contributed by atoms with Crippen LogP contribution in [-0.4, -0.2) is 49.1 Å². The standard InChI is InChI=1S/C8H17BN2O3/c1-2-14-9(13)8(12)7-10-11-5-3-4-6-11/h10,13H,2-7H2,1H3. The number of nitrogens with zero attached hydrogens (tertiary/aromatic N) is 1. The molecule has 0 atom stereocenters. The van der Waals surface area contributed by atoms with E-state index in [9.17, 15) is 4.79 Å². The Kier molecular flexibility index (Phi) is 5.10. The van der Waals surface area contributed by atoms with Crippen LogP contribution in [0.3, 0.4) is 0 Å².